The Hall–Kier alpha value is -2.93. The first-order valence-corrected chi connectivity index (χ1v) is 6.52. The molecule has 2 aromatic rings. The Balaban J connectivity index is 2.21. The van der Waals surface area contributed by atoms with E-state index in [9.17, 15) is 4.79 Å². The zero-order chi connectivity index (χ0) is 15.2. The van der Waals surface area contributed by atoms with Crippen LogP contribution in [0.15, 0.2) is 53.6 Å². The number of anilines is 1. The molecule has 0 saturated carbocycles. The molecule has 0 aliphatic carbocycles. The SMILES string of the molecule is Cc1ccc(C(=O)/C(C#N)=N\Nc2ccccc2C)cc1. The number of nitrogens with zero attached hydrogens (tertiary/aromatic N) is 2. The van der Waals surface area contributed by atoms with Gasteiger partial charge < -0.3 is 0 Å². The van der Waals surface area contributed by atoms with Gasteiger partial charge in [0.2, 0.25) is 11.5 Å². The highest BCUT2D eigenvalue weighted by Crippen LogP contribution is 2.13. The second-order valence-electron chi connectivity index (χ2n) is 4.69. The van der Waals surface area contributed by atoms with Crippen LogP contribution in [0.5, 0.6) is 0 Å². The van der Waals surface area contributed by atoms with Crippen LogP contribution in [0.2, 0.25) is 0 Å². The summed E-state index contributed by atoms with van der Waals surface area (Å²) in [5.41, 5.74) is 5.87. The molecule has 0 aromatic heterocycles. The summed E-state index contributed by atoms with van der Waals surface area (Å²) in [5, 5.41) is 13.0. The molecule has 0 atom stereocenters. The Bertz CT molecular complexity index is 724. The average Bonchev–Trinajstić information content (AvgIpc) is 2.50. The quantitative estimate of drug-likeness (QED) is 0.528. The number of hydrogen-bond donors (Lipinski definition) is 1. The molecule has 104 valence electrons. The van der Waals surface area contributed by atoms with Crippen LogP contribution in [-0.2, 0) is 0 Å². The standard InChI is InChI=1S/C17H15N3O/c1-12-7-9-14(10-8-12)17(21)16(11-18)20-19-15-6-4-3-5-13(15)2/h3-10,19H,1-2H3/b20-16-. The van der Waals surface area contributed by atoms with Gasteiger partial charge in [-0.25, -0.2) is 0 Å². The Morgan fingerprint density at radius 1 is 1.10 bits per heavy atom. The van der Waals surface area contributed by atoms with Crippen LogP contribution < -0.4 is 5.43 Å². The zero-order valence-electron chi connectivity index (χ0n) is 11.9. The lowest BCUT2D eigenvalue weighted by atomic mass is 10.1. The summed E-state index contributed by atoms with van der Waals surface area (Å²) in [6, 6.07) is 16.4. The van der Waals surface area contributed by atoms with E-state index in [1.54, 1.807) is 12.1 Å². The molecule has 21 heavy (non-hydrogen) atoms. The molecule has 0 aliphatic heterocycles. The molecule has 4 nitrogen and oxygen atoms in total. The lowest BCUT2D eigenvalue weighted by Gasteiger charge is -2.04. The number of hydrogen-bond acceptors (Lipinski definition) is 4. The van der Waals surface area contributed by atoms with Crippen molar-refractivity contribution in [1.82, 2.24) is 0 Å². The van der Waals surface area contributed by atoms with Crippen molar-refractivity contribution in [2.45, 2.75) is 13.8 Å². The second kappa shape index (κ2) is 6.49. The highest BCUT2D eigenvalue weighted by atomic mass is 16.1. The van der Waals surface area contributed by atoms with Crippen molar-refractivity contribution >= 4 is 17.2 Å². The topological polar surface area (TPSA) is 65.2 Å². The minimum atomic E-state index is -0.390. The Morgan fingerprint density at radius 3 is 2.38 bits per heavy atom. The first kappa shape index (κ1) is 14.5. The third-order valence-corrected chi connectivity index (χ3v) is 3.07. The molecule has 2 aromatic carbocycles. The van der Waals surface area contributed by atoms with Gasteiger partial charge in [0.05, 0.1) is 5.69 Å². The molecule has 0 bridgehead atoms. The van der Waals surface area contributed by atoms with Crippen LogP contribution in [0.25, 0.3) is 0 Å². The molecule has 4 heteroatoms. The smallest absolute Gasteiger partial charge is 0.223 e. The minimum absolute atomic E-state index is 0.165. The molecule has 0 spiro atoms. The molecular weight excluding hydrogens is 262 g/mol. The molecule has 0 radical (unpaired) electrons. The first-order chi connectivity index (χ1) is 10.1. The molecule has 0 unspecified atom stereocenters. The molecule has 0 saturated heterocycles. The van der Waals surface area contributed by atoms with Crippen molar-refractivity contribution in [1.29, 1.82) is 5.26 Å². The number of benzene rings is 2. The normalized spacial score (nSPS) is 10.8. The van der Waals surface area contributed by atoms with Crippen molar-refractivity contribution < 1.29 is 4.79 Å². The summed E-state index contributed by atoms with van der Waals surface area (Å²) in [4.78, 5) is 12.2. The predicted molar refractivity (Wildman–Crippen MR) is 83.4 cm³/mol. The molecule has 2 rings (SSSR count). The lowest BCUT2D eigenvalue weighted by Crippen LogP contribution is -2.14. The van der Waals surface area contributed by atoms with Crippen molar-refractivity contribution in [3.8, 4) is 6.07 Å². The molecule has 0 aliphatic rings. The van der Waals surface area contributed by atoms with E-state index < -0.39 is 5.78 Å². The van der Waals surface area contributed by atoms with Gasteiger partial charge in [0.25, 0.3) is 0 Å². The number of carbonyl (C=O) groups excluding carboxylic acids is 1. The van der Waals surface area contributed by atoms with Gasteiger partial charge in [0, 0.05) is 5.56 Å². The molecule has 0 heterocycles. The summed E-state index contributed by atoms with van der Waals surface area (Å²) in [6.07, 6.45) is 0. The minimum Gasteiger partial charge on any atom is -0.286 e. The van der Waals surface area contributed by atoms with Gasteiger partial charge in [-0.05, 0) is 25.5 Å². The Morgan fingerprint density at radius 2 is 1.76 bits per heavy atom. The van der Waals surface area contributed by atoms with Crippen LogP contribution in [0.1, 0.15) is 21.5 Å². The Kier molecular flexibility index (Phi) is 4.47. The fourth-order valence-corrected chi connectivity index (χ4v) is 1.78. The highest BCUT2D eigenvalue weighted by Gasteiger charge is 2.13. The summed E-state index contributed by atoms with van der Waals surface area (Å²) < 4.78 is 0. The van der Waals surface area contributed by atoms with E-state index in [-0.39, 0.29) is 5.71 Å². The average molecular weight is 277 g/mol. The first-order valence-electron chi connectivity index (χ1n) is 6.52. The summed E-state index contributed by atoms with van der Waals surface area (Å²) >= 11 is 0. The van der Waals surface area contributed by atoms with Crippen LogP contribution >= 0.6 is 0 Å². The van der Waals surface area contributed by atoms with Gasteiger partial charge in [-0.2, -0.15) is 10.4 Å². The van der Waals surface area contributed by atoms with Gasteiger partial charge in [0.15, 0.2) is 0 Å². The van der Waals surface area contributed by atoms with E-state index in [4.69, 9.17) is 5.26 Å². The molecule has 1 N–H and O–H groups in total. The number of Topliss-reactive ketones (excluding diaryl/α,β-unsaturated/α-hetero) is 1. The third kappa shape index (κ3) is 3.54. The number of nitrogens with one attached hydrogen (secondary N) is 1. The van der Waals surface area contributed by atoms with E-state index in [0.29, 0.717) is 5.56 Å². The van der Waals surface area contributed by atoms with E-state index in [2.05, 4.69) is 10.5 Å². The number of hydrazone groups is 1. The number of para-hydroxylation sites is 1. The summed E-state index contributed by atoms with van der Waals surface area (Å²) in [6.45, 7) is 3.86. The van der Waals surface area contributed by atoms with Crippen LogP contribution in [0, 0.1) is 25.2 Å². The van der Waals surface area contributed by atoms with E-state index in [1.807, 2.05) is 56.3 Å². The predicted octanol–water partition coefficient (Wildman–Crippen LogP) is 3.48. The second-order valence-corrected chi connectivity index (χ2v) is 4.69. The Labute approximate surface area is 123 Å². The van der Waals surface area contributed by atoms with Crippen molar-refractivity contribution in [2.24, 2.45) is 5.10 Å². The maximum Gasteiger partial charge on any atom is 0.223 e. The van der Waals surface area contributed by atoms with Gasteiger partial charge in [-0.15, -0.1) is 0 Å². The number of nitriles is 1. The van der Waals surface area contributed by atoms with Crippen molar-refractivity contribution in [3.63, 3.8) is 0 Å². The highest BCUT2D eigenvalue weighted by molar-refractivity contribution is 6.51. The van der Waals surface area contributed by atoms with Gasteiger partial charge in [-0.3, -0.25) is 10.2 Å². The number of rotatable bonds is 4. The fourth-order valence-electron chi connectivity index (χ4n) is 1.78. The van der Waals surface area contributed by atoms with Crippen LogP contribution in [0.3, 0.4) is 0 Å². The van der Waals surface area contributed by atoms with Gasteiger partial charge >= 0.3 is 0 Å². The maximum atomic E-state index is 12.2. The van der Waals surface area contributed by atoms with Gasteiger partial charge in [-0.1, -0.05) is 48.0 Å². The van der Waals surface area contributed by atoms with Crippen LogP contribution in [0.4, 0.5) is 5.69 Å². The summed E-state index contributed by atoms with van der Waals surface area (Å²) in [7, 11) is 0. The number of ketones is 1. The van der Waals surface area contributed by atoms with Crippen molar-refractivity contribution in [3.05, 3.63) is 65.2 Å². The number of aryl methyl sites for hydroxylation is 2. The van der Waals surface area contributed by atoms with E-state index >= 15 is 0 Å². The third-order valence-electron chi connectivity index (χ3n) is 3.07. The molecule has 0 fully saturated rings. The van der Waals surface area contributed by atoms with E-state index in [1.165, 1.54) is 0 Å². The number of carbonyl (C=O) groups is 1. The van der Waals surface area contributed by atoms with Crippen molar-refractivity contribution in [2.75, 3.05) is 5.43 Å². The summed E-state index contributed by atoms with van der Waals surface area (Å²) in [5.74, 6) is -0.390. The molecular formula is C17H15N3O. The molecule has 0 amide bonds. The van der Waals surface area contributed by atoms with Crippen LogP contribution in [-0.4, -0.2) is 11.5 Å². The maximum absolute atomic E-state index is 12.2. The zero-order valence-corrected chi connectivity index (χ0v) is 11.9. The van der Waals surface area contributed by atoms with Gasteiger partial charge in [0.1, 0.15) is 6.07 Å². The fraction of sp³-hybridized carbons (Fsp3) is 0.118. The monoisotopic (exact) mass is 277 g/mol. The van der Waals surface area contributed by atoms with E-state index in [0.717, 1.165) is 16.8 Å². The largest absolute Gasteiger partial charge is 0.286 e. The lowest BCUT2D eigenvalue weighted by molar-refractivity contribution is 0.106.